The van der Waals surface area contributed by atoms with E-state index in [1.54, 1.807) is 17.5 Å². The van der Waals surface area contributed by atoms with Crippen LogP contribution in [-0.4, -0.2) is 48.9 Å². The average Bonchev–Trinajstić information content (AvgIpc) is 3.46. The number of para-hydroxylation sites is 1. The van der Waals surface area contributed by atoms with Gasteiger partial charge in [-0.15, -0.1) is 11.3 Å². The zero-order chi connectivity index (χ0) is 22.3. The number of amides is 1. The maximum absolute atomic E-state index is 13.2. The quantitative estimate of drug-likeness (QED) is 0.470. The normalized spacial score (nSPS) is 17.7. The summed E-state index contributed by atoms with van der Waals surface area (Å²) in [5.41, 5.74) is 2.91. The number of nitrogens with zero attached hydrogens (tertiary/aromatic N) is 2. The van der Waals surface area contributed by atoms with Gasteiger partial charge >= 0.3 is 0 Å². The van der Waals surface area contributed by atoms with E-state index in [4.69, 9.17) is 0 Å². The highest BCUT2D eigenvalue weighted by molar-refractivity contribution is 7.91. The van der Waals surface area contributed by atoms with E-state index in [0.717, 1.165) is 39.7 Å². The first-order valence-corrected chi connectivity index (χ1v) is 12.9. The predicted molar refractivity (Wildman–Crippen MR) is 129 cm³/mol. The van der Waals surface area contributed by atoms with Crippen molar-refractivity contribution < 1.29 is 13.2 Å². The fourth-order valence-electron chi connectivity index (χ4n) is 4.42. The van der Waals surface area contributed by atoms with Crippen LogP contribution >= 0.6 is 11.3 Å². The SMILES string of the molecule is CCn1c2ccccc2c2cc(NC(=O)C3CNCCN3S(=O)(=O)c3cccs3)ccc21. The van der Waals surface area contributed by atoms with Gasteiger partial charge in [-0.05, 0) is 42.6 Å². The second-order valence-corrected chi connectivity index (χ2v) is 10.8. The molecule has 166 valence electrons. The Morgan fingerprint density at radius 1 is 1.12 bits per heavy atom. The van der Waals surface area contributed by atoms with Crippen LogP contribution in [0.1, 0.15) is 6.92 Å². The second-order valence-electron chi connectivity index (χ2n) is 7.75. The number of carbonyl (C=O) groups excluding carboxylic acids is 1. The number of rotatable bonds is 5. The molecule has 0 bridgehead atoms. The van der Waals surface area contributed by atoms with Crippen LogP contribution in [0.25, 0.3) is 21.8 Å². The molecule has 0 radical (unpaired) electrons. The van der Waals surface area contributed by atoms with Crippen LogP contribution in [-0.2, 0) is 21.4 Å². The molecule has 9 heteroatoms. The van der Waals surface area contributed by atoms with Gasteiger partial charge in [0.1, 0.15) is 10.3 Å². The molecule has 3 heterocycles. The van der Waals surface area contributed by atoms with Gasteiger partial charge in [-0.3, -0.25) is 4.79 Å². The maximum atomic E-state index is 13.2. The molecule has 2 N–H and O–H groups in total. The van der Waals surface area contributed by atoms with Crippen LogP contribution in [0, 0.1) is 0 Å². The maximum Gasteiger partial charge on any atom is 0.253 e. The zero-order valence-corrected chi connectivity index (χ0v) is 19.2. The molecule has 5 rings (SSSR count). The molecular formula is C23H24N4O3S2. The number of aryl methyl sites for hydroxylation is 1. The predicted octanol–water partition coefficient (Wildman–Crippen LogP) is 3.48. The van der Waals surface area contributed by atoms with Gasteiger partial charge in [0, 0.05) is 53.7 Å². The molecule has 1 unspecified atom stereocenters. The lowest BCUT2D eigenvalue weighted by atomic mass is 10.1. The molecule has 1 saturated heterocycles. The Morgan fingerprint density at radius 2 is 1.94 bits per heavy atom. The van der Waals surface area contributed by atoms with Crippen molar-refractivity contribution in [2.24, 2.45) is 0 Å². The van der Waals surface area contributed by atoms with Crippen molar-refractivity contribution >= 4 is 54.8 Å². The van der Waals surface area contributed by atoms with Crippen molar-refractivity contribution in [1.29, 1.82) is 0 Å². The molecule has 4 aromatic rings. The van der Waals surface area contributed by atoms with Gasteiger partial charge < -0.3 is 15.2 Å². The standard InChI is InChI=1S/C23H24N4O3S2/c1-2-26-19-7-4-3-6-17(19)18-14-16(9-10-20(18)26)25-23(28)21-15-24-11-12-27(21)32(29,30)22-8-5-13-31-22/h3-10,13-14,21,24H,2,11-12,15H2,1H3,(H,25,28). The second kappa shape index (κ2) is 8.32. The van der Waals surface area contributed by atoms with Crippen LogP contribution in [0.2, 0.25) is 0 Å². The molecule has 0 spiro atoms. The molecule has 2 aromatic carbocycles. The highest BCUT2D eigenvalue weighted by Gasteiger charge is 2.38. The van der Waals surface area contributed by atoms with Crippen molar-refractivity contribution in [1.82, 2.24) is 14.2 Å². The number of hydrogen-bond donors (Lipinski definition) is 2. The molecule has 2 aromatic heterocycles. The molecule has 1 amide bonds. The third-order valence-corrected chi connectivity index (χ3v) is 9.19. The highest BCUT2D eigenvalue weighted by Crippen LogP contribution is 2.31. The Hall–Kier alpha value is -2.72. The zero-order valence-electron chi connectivity index (χ0n) is 17.6. The minimum atomic E-state index is -3.72. The van der Waals surface area contributed by atoms with Gasteiger partial charge in [-0.25, -0.2) is 8.42 Å². The van der Waals surface area contributed by atoms with Gasteiger partial charge in [0.25, 0.3) is 10.0 Å². The Morgan fingerprint density at radius 3 is 2.72 bits per heavy atom. The number of anilines is 1. The van der Waals surface area contributed by atoms with Crippen molar-refractivity contribution in [3.8, 4) is 0 Å². The van der Waals surface area contributed by atoms with E-state index in [1.807, 2.05) is 30.3 Å². The lowest BCUT2D eigenvalue weighted by Crippen LogP contribution is -2.58. The smallest absolute Gasteiger partial charge is 0.253 e. The third kappa shape index (κ3) is 3.51. The van der Waals surface area contributed by atoms with Crippen molar-refractivity contribution in [3.63, 3.8) is 0 Å². The lowest BCUT2D eigenvalue weighted by molar-refractivity contribution is -0.120. The van der Waals surface area contributed by atoms with E-state index in [0.29, 0.717) is 12.2 Å². The summed E-state index contributed by atoms with van der Waals surface area (Å²) in [4.78, 5) is 13.2. The van der Waals surface area contributed by atoms with Crippen LogP contribution in [0.4, 0.5) is 5.69 Å². The van der Waals surface area contributed by atoms with Crippen LogP contribution in [0.15, 0.2) is 64.2 Å². The summed E-state index contributed by atoms with van der Waals surface area (Å²) in [6, 6.07) is 16.5. The summed E-state index contributed by atoms with van der Waals surface area (Å²) < 4.78 is 30.0. The van der Waals surface area contributed by atoms with Crippen molar-refractivity contribution in [3.05, 3.63) is 60.0 Å². The lowest BCUT2D eigenvalue weighted by Gasteiger charge is -2.33. The first kappa shape index (κ1) is 21.1. The molecule has 1 fully saturated rings. The van der Waals surface area contributed by atoms with E-state index in [1.165, 1.54) is 4.31 Å². The van der Waals surface area contributed by atoms with Crippen LogP contribution in [0.3, 0.4) is 0 Å². The summed E-state index contributed by atoms with van der Waals surface area (Å²) in [5.74, 6) is -0.337. The van der Waals surface area contributed by atoms with Gasteiger partial charge in [-0.2, -0.15) is 4.31 Å². The number of hydrogen-bond acceptors (Lipinski definition) is 5. The molecule has 7 nitrogen and oxygen atoms in total. The largest absolute Gasteiger partial charge is 0.341 e. The van der Waals surface area contributed by atoms with Gasteiger partial charge in [0.15, 0.2) is 0 Å². The molecule has 0 saturated carbocycles. The Labute approximate surface area is 190 Å². The fourth-order valence-corrected chi connectivity index (χ4v) is 7.13. The summed E-state index contributed by atoms with van der Waals surface area (Å²) in [5, 5.41) is 10.0. The molecule has 1 aliphatic rings. The number of nitrogens with one attached hydrogen (secondary N) is 2. The van der Waals surface area contributed by atoms with Gasteiger partial charge in [-0.1, -0.05) is 24.3 Å². The summed E-state index contributed by atoms with van der Waals surface area (Å²) in [7, 11) is -3.72. The van der Waals surface area contributed by atoms with Crippen LogP contribution < -0.4 is 10.6 Å². The van der Waals surface area contributed by atoms with Crippen molar-refractivity contribution in [2.45, 2.75) is 23.7 Å². The topological polar surface area (TPSA) is 83.4 Å². The van der Waals surface area contributed by atoms with E-state index in [2.05, 4.69) is 34.3 Å². The number of sulfonamides is 1. The highest BCUT2D eigenvalue weighted by atomic mass is 32.2. The van der Waals surface area contributed by atoms with E-state index in [9.17, 15) is 13.2 Å². The number of fused-ring (bicyclic) bond motifs is 3. The molecule has 32 heavy (non-hydrogen) atoms. The third-order valence-electron chi connectivity index (χ3n) is 5.91. The molecular weight excluding hydrogens is 444 g/mol. The molecule has 1 atom stereocenters. The summed E-state index contributed by atoms with van der Waals surface area (Å²) in [6.07, 6.45) is 0. The van der Waals surface area contributed by atoms with E-state index >= 15 is 0 Å². The minimum Gasteiger partial charge on any atom is -0.341 e. The number of thiophene rings is 1. The van der Waals surface area contributed by atoms with Gasteiger partial charge in [0.05, 0.1) is 0 Å². The first-order chi connectivity index (χ1) is 15.5. The van der Waals surface area contributed by atoms with Crippen LogP contribution in [0.5, 0.6) is 0 Å². The number of aromatic nitrogens is 1. The molecule has 0 aliphatic carbocycles. The van der Waals surface area contributed by atoms with Gasteiger partial charge in [0.2, 0.25) is 5.91 Å². The first-order valence-electron chi connectivity index (χ1n) is 10.6. The summed E-state index contributed by atoms with van der Waals surface area (Å²) >= 11 is 1.16. The number of piperazine rings is 1. The fraction of sp³-hybridized carbons (Fsp3) is 0.261. The number of benzene rings is 2. The number of carbonyl (C=O) groups is 1. The summed E-state index contributed by atoms with van der Waals surface area (Å²) in [6.45, 7) is 3.99. The minimum absolute atomic E-state index is 0.251. The average molecular weight is 469 g/mol. The molecule has 1 aliphatic heterocycles. The Balaban J connectivity index is 1.46. The Bertz CT molecular complexity index is 1390. The van der Waals surface area contributed by atoms with E-state index < -0.39 is 16.1 Å². The van der Waals surface area contributed by atoms with Crippen molar-refractivity contribution in [2.75, 3.05) is 25.0 Å². The Kier molecular flexibility index (Phi) is 5.50. The monoisotopic (exact) mass is 468 g/mol. The van der Waals surface area contributed by atoms with E-state index in [-0.39, 0.29) is 23.2 Å².